The van der Waals surface area contributed by atoms with Gasteiger partial charge in [0.2, 0.25) is 0 Å². The molecule has 0 unspecified atom stereocenters. The number of hydrogen-bond donors (Lipinski definition) is 3. The Labute approximate surface area is 140 Å². The molecule has 0 bridgehead atoms. The fraction of sp³-hybridized carbons (Fsp3) is 0.500. The third kappa shape index (κ3) is 3.51. The summed E-state index contributed by atoms with van der Waals surface area (Å²) in [5.41, 5.74) is 1.19. The van der Waals surface area contributed by atoms with E-state index in [4.69, 9.17) is 10.4 Å². The normalized spacial score (nSPS) is 24.5. The summed E-state index contributed by atoms with van der Waals surface area (Å²) in [5.74, 6) is -1.03. The van der Waals surface area contributed by atoms with Crippen LogP contribution in [0.2, 0.25) is 0 Å². The van der Waals surface area contributed by atoms with Crippen molar-refractivity contribution in [2.75, 3.05) is 0 Å². The number of hydrogen-bond acceptors (Lipinski definition) is 3. The molecule has 0 saturated heterocycles. The van der Waals surface area contributed by atoms with Crippen molar-refractivity contribution in [3.8, 4) is 6.07 Å². The van der Waals surface area contributed by atoms with Gasteiger partial charge in [-0.1, -0.05) is 12.1 Å². The molecule has 2 amide bonds. The first-order valence-corrected chi connectivity index (χ1v) is 8.34. The Morgan fingerprint density at radius 3 is 2.50 bits per heavy atom. The number of rotatable bonds is 4. The summed E-state index contributed by atoms with van der Waals surface area (Å²) in [5, 5.41) is 24.0. The molecular formula is C18H21N3O3. The van der Waals surface area contributed by atoms with E-state index in [2.05, 4.69) is 16.7 Å². The van der Waals surface area contributed by atoms with Crippen molar-refractivity contribution in [1.29, 1.82) is 5.26 Å². The van der Waals surface area contributed by atoms with Crippen molar-refractivity contribution >= 4 is 12.0 Å². The monoisotopic (exact) mass is 327 g/mol. The number of carboxylic acid groups (broad SMARTS) is 1. The fourth-order valence-corrected chi connectivity index (χ4v) is 3.42. The van der Waals surface area contributed by atoms with Gasteiger partial charge in [-0.3, -0.25) is 4.79 Å². The largest absolute Gasteiger partial charge is 0.481 e. The van der Waals surface area contributed by atoms with Gasteiger partial charge in [0.05, 0.1) is 23.1 Å². The van der Waals surface area contributed by atoms with Crippen LogP contribution in [0.4, 0.5) is 4.79 Å². The summed E-state index contributed by atoms with van der Waals surface area (Å²) in [6.07, 6.45) is 4.33. The van der Waals surface area contributed by atoms with Crippen molar-refractivity contribution in [2.24, 2.45) is 5.92 Å². The fourth-order valence-electron chi connectivity index (χ4n) is 3.42. The lowest BCUT2D eigenvalue weighted by molar-refractivity contribution is -0.142. The van der Waals surface area contributed by atoms with E-state index in [1.165, 1.54) is 0 Å². The lowest BCUT2D eigenvalue weighted by Gasteiger charge is -2.28. The number of carboxylic acids is 1. The Kier molecular flexibility index (Phi) is 4.43. The van der Waals surface area contributed by atoms with Crippen molar-refractivity contribution < 1.29 is 14.7 Å². The SMILES string of the molecule is N#Cc1cccc(C2(NC(=O)NC3CCC(C(=O)O)CC3)CC2)c1. The minimum Gasteiger partial charge on any atom is -0.481 e. The second kappa shape index (κ2) is 6.52. The van der Waals surface area contributed by atoms with Gasteiger partial charge in [0, 0.05) is 6.04 Å². The molecule has 3 rings (SSSR count). The highest BCUT2D eigenvalue weighted by Gasteiger charge is 2.46. The van der Waals surface area contributed by atoms with Crippen LogP contribution in [0.1, 0.15) is 49.7 Å². The smallest absolute Gasteiger partial charge is 0.315 e. The summed E-state index contributed by atoms with van der Waals surface area (Å²) in [6.45, 7) is 0. The molecule has 0 aliphatic heterocycles. The second-order valence-corrected chi connectivity index (χ2v) is 6.76. The zero-order valence-electron chi connectivity index (χ0n) is 13.4. The third-order valence-electron chi connectivity index (χ3n) is 5.06. The Balaban J connectivity index is 1.55. The molecule has 1 aromatic rings. The topological polar surface area (TPSA) is 102 Å². The van der Waals surface area contributed by atoms with Crippen LogP contribution in [0.3, 0.4) is 0 Å². The number of urea groups is 1. The Hall–Kier alpha value is -2.55. The second-order valence-electron chi connectivity index (χ2n) is 6.76. The molecule has 6 heteroatoms. The van der Waals surface area contributed by atoms with Gasteiger partial charge in [-0.2, -0.15) is 5.26 Å². The highest BCUT2D eigenvalue weighted by Crippen LogP contribution is 2.45. The number of nitriles is 1. The van der Waals surface area contributed by atoms with E-state index >= 15 is 0 Å². The standard InChI is InChI=1S/C18H21N3O3/c19-11-12-2-1-3-14(10-12)18(8-9-18)21-17(24)20-15-6-4-13(5-7-15)16(22)23/h1-3,10,13,15H,4-9H2,(H,22,23)(H2,20,21,24). The Morgan fingerprint density at radius 2 is 1.92 bits per heavy atom. The Bertz CT molecular complexity index is 683. The summed E-state index contributed by atoms with van der Waals surface area (Å²) >= 11 is 0. The molecule has 126 valence electrons. The highest BCUT2D eigenvalue weighted by molar-refractivity contribution is 5.76. The van der Waals surface area contributed by atoms with Gasteiger partial charge in [0.1, 0.15) is 0 Å². The molecular weight excluding hydrogens is 306 g/mol. The molecule has 0 radical (unpaired) electrons. The van der Waals surface area contributed by atoms with Crippen LogP contribution in [0.5, 0.6) is 0 Å². The van der Waals surface area contributed by atoms with Gasteiger partial charge in [-0.15, -0.1) is 0 Å². The van der Waals surface area contributed by atoms with E-state index in [0.29, 0.717) is 31.2 Å². The Morgan fingerprint density at radius 1 is 1.21 bits per heavy atom. The van der Waals surface area contributed by atoms with E-state index in [1.54, 1.807) is 6.07 Å². The molecule has 0 aromatic heterocycles. The molecule has 2 aliphatic carbocycles. The average molecular weight is 327 g/mol. The zero-order chi connectivity index (χ0) is 17.2. The van der Waals surface area contributed by atoms with E-state index in [0.717, 1.165) is 18.4 Å². The van der Waals surface area contributed by atoms with Crippen LogP contribution < -0.4 is 10.6 Å². The van der Waals surface area contributed by atoms with Gasteiger partial charge in [-0.25, -0.2) is 4.79 Å². The lowest BCUT2D eigenvalue weighted by Crippen LogP contribution is -2.47. The molecule has 1 aromatic carbocycles. The molecule has 2 fully saturated rings. The van der Waals surface area contributed by atoms with Crippen molar-refractivity contribution in [3.63, 3.8) is 0 Å². The summed E-state index contributed by atoms with van der Waals surface area (Å²) in [7, 11) is 0. The summed E-state index contributed by atoms with van der Waals surface area (Å²) in [4.78, 5) is 23.3. The van der Waals surface area contributed by atoms with Crippen LogP contribution in [0.25, 0.3) is 0 Å². The first-order chi connectivity index (χ1) is 11.5. The first-order valence-electron chi connectivity index (χ1n) is 8.34. The first kappa shape index (κ1) is 16.3. The quantitative estimate of drug-likeness (QED) is 0.790. The van der Waals surface area contributed by atoms with Crippen molar-refractivity contribution in [2.45, 2.75) is 50.1 Å². The van der Waals surface area contributed by atoms with Crippen molar-refractivity contribution in [3.05, 3.63) is 35.4 Å². The molecule has 0 heterocycles. The van der Waals surface area contributed by atoms with E-state index in [1.807, 2.05) is 18.2 Å². The van der Waals surface area contributed by atoms with Gasteiger partial charge in [-0.05, 0) is 56.2 Å². The van der Waals surface area contributed by atoms with E-state index in [9.17, 15) is 9.59 Å². The number of benzene rings is 1. The van der Waals surface area contributed by atoms with Gasteiger partial charge >= 0.3 is 12.0 Å². The van der Waals surface area contributed by atoms with E-state index in [-0.39, 0.29) is 23.5 Å². The third-order valence-corrected chi connectivity index (χ3v) is 5.06. The maximum atomic E-state index is 12.3. The van der Waals surface area contributed by atoms with Crippen molar-refractivity contribution in [1.82, 2.24) is 10.6 Å². The maximum absolute atomic E-state index is 12.3. The van der Waals surface area contributed by atoms with Crippen LogP contribution in [0, 0.1) is 17.2 Å². The van der Waals surface area contributed by atoms with Crippen LogP contribution >= 0.6 is 0 Å². The number of amides is 2. The molecule has 24 heavy (non-hydrogen) atoms. The lowest BCUT2D eigenvalue weighted by atomic mass is 9.86. The predicted octanol–water partition coefficient (Wildman–Crippen LogP) is 2.49. The predicted molar refractivity (Wildman–Crippen MR) is 87.1 cm³/mol. The van der Waals surface area contributed by atoms with Gasteiger partial charge in [0.25, 0.3) is 0 Å². The minimum absolute atomic E-state index is 0.0295. The molecule has 2 aliphatic rings. The molecule has 0 spiro atoms. The summed E-state index contributed by atoms with van der Waals surface area (Å²) < 4.78 is 0. The van der Waals surface area contributed by atoms with Gasteiger partial charge < -0.3 is 15.7 Å². The van der Waals surface area contributed by atoms with Crippen LogP contribution in [-0.4, -0.2) is 23.1 Å². The van der Waals surface area contributed by atoms with Gasteiger partial charge in [0.15, 0.2) is 0 Å². The van der Waals surface area contributed by atoms with E-state index < -0.39 is 5.97 Å². The number of carbonyl (C=O) groups is 2. The summed E-state index contributed by atoms with van der Waals surface area (Å²) in [6, 6.07) is 9.28. The molecule has 6 nitrogen and oxygen atoms in total. The molecule has 2 saturated carbocycles. The molecule has 3 N–H and O–H groups in total. The maximum Gasteiger partial charge on any atom is 0.315 e. The minimum atomic E-state index is -0.743. The average Bonchev–Trinajstić information content (AvgIpc) is 3.36. The number of nitrogens with one attached hydrogen (secondary N) is 2. The number of nitrogens with zero attached hydrogens (tertiary/aromatic N) is 1. The number of carbonyl (C=O) groups excluding carboxylic acids is 1. The van der Waals surface area contributed by atoms with Crippen LogP contribution in [-0.2, 0) is 10.3 Å². The number of aliphatic carboxylic acids is 1. The zero-order valence-corrected chi connectivity index (χ0v) is 13.4. The molecule has 0 atom stereocenters. The van der Waals surface area contributed by atoms with Crippen LogP contribution in [0.15, 0.2) is 24.3 Å². The highest BCUT2D eigenvalue weighted by atomic mass is 16.4.